The number of hydrogen-bond donors (Lipinski definition) is 1. The lowest BCUT2D eigenvalue weighted by Gasteiger charge is -2.41. The number of hydrogen-bond acceptors (Lipinski definition) is 2. The second-order valence-electron chi connectivity index (χ2n) is 3.44. The van der Waals surface area contributed by atoms with E-state index in [-0.39, 0.29) is 6.04 Å². The monoisotopic (exact) mass is 172 g/mol. The number of likely N-dealkylation sites (N-methyl/N-ethyl adjacent to an activating group) is 1. The SMILES string of the molecule is C[C@@H]1[C@H](C)N(C)CCN1C(=O)O. The van der Waals surface area contributed by atoms with Crippen molar-refractivity contribution in [1.29, 1.82) is 0 Å². The number of carboxylic acid groups (broad SMARTS) is 1. The summed E-state index contributed by atoms with van der Waals surface area (Å²) in [6, 6.07) is 0.413. The highest BCUT2D eigenvalue weighted by atomic mass is 16.4. The molecule has 1 N–H and O–H groups in total. The number of carbonyl (C=O) groups is 1. The Morgan fingerprint density at radius 1 is 1.33 bits per heavy atom. The van der Waals surface area contributed by atoms with Gasteiger partial charge in [0.1, 0.15) is 0 Å². The van der Waals surface area contributed by atoms with E-state index in [1.165, 1.54) is 4.90 Å². The Balaban J connectivity index is 2.65. The minimum absolute atomic E-state index is 0.0984. The van der Waals surface area contributed by atoms with E-state index >= 15 is 0 Å². The van der Waals surface area contributed by atoms with Crippen molar-refractivity contribution in [2.24, 2.45) is 0 Å². The van der Waals surface area contributed by atoms with Crippen LogP contribution in [0.5, 0.6) is 0 Å². The summed E-state index contributed by atoms with van der Waals surface area (Å²) in [5.41, 5.74) is 0. The molecule has 70 valence electrons. The molecule has 0 spiro atoms. The average molecular weight is 172 g/mol. The lowest BCUT2D eigenvalue weighted by Crippen LogP contribution is -2.57. The molecule has 0 aliphatic carbocycles. The zero-order chi connectivity index (χ0) is 9.30. The third-order valence-electron chi connectivity index (χ3n) is 2.82. The van der Waals surface area contributed by atoms with E-state index in [2.05, 4.69) is 11.8 Å². The first-order valence-corrected chi connectivity index (χ1v) is 4.24. The van der Waals surface area contributed by atoms with Gasteiger partial charge < -0.3 is 10.0 Å². The molecule has 0 aromatic rings. The molecule has 2 atom stereocenters. The normalized spacial score (nSPS) is 32.1. The number of amides is 1. The van der Waals surface area contributed by atoms with Crippen LogP contribution in [0, 0.1) is 0 Å². The van der Waals surface area contributed by atoms with Crippen molar-refractivity contribution in [2.45, 2.75) is 25.9 Å². The average Bonchev–Trinajstić information content (AvgIpc) is 2.00. The maximum Gasteiger partial charge on any atom is 0.407 e. The first-order valence-electron chi connectivity index (χ1n) is 4.24. The largest absolute Gasteiger partial charge is 0.465 e. The van der Waals surface area contributed by atoms with Crippen molar-refractivity contribution >= 4 is 6.09 Å². The van der Waals surface area contributed by atoms with Crippen LogP contribution in [0.1, 0.15) is 13.8 Å². The van der Waals surface area contributed by atoms with Crippen molar-refractivity contribution in [1.82, 2.24) is 9.80 Å². The van der Waals surface area contributed by atoms with Crippen LogP contribution in [0.25, 0.3) is 0 Å². The molecule has 12 heavy (non-hydrogen) atoms. The third-order valence-corrected chi connectivity index (χ3v) is 2.82. The second-order valence-corrected chi connectivity index (χ2v) is 3.44. The van der Waals surface area contributed by atoms with Crippen LogP contribution in [0.4, 0.5) is 4.79 Å². The Bertz CT molecular complexity index is 184. The van der Waals surface area contributed by atoms with Crippen LogP contribution in [-0.2, 0) is 0 Å². The summed E-state index contributed by atoms with van der Waals surface area (Å²) in [6.45, 7) is 5.46. The summed E-state index contributed by atoms with van der Waals surface area (Å²) in [4.78, 5) is 14.4. The molecule has 1 saturated heterocycles. The van der Waals surface area contributed by atoms with Gasteiger partial charge in [0.25, 0.3) is 0 Å². The van der Waals surface area contributed by atoms with Gasteiger partial charge in [-0.05, 0) is 20.9 Å². The van der Waals surface area contributed by atoms with Crippen molar-refractivity contribution < 1.29 is 9.90 Å². The molecule has 0 unspecified atom stereocenters. The molecular weight excluding hydrogens is 156 g/mol. The summed E-state index contributed by atoms with van der Waals surface area (Å²) in [6.07, 6.45) is -0.803. The first-order chi connectivity index (χ1) is 5.54. The maximum atomic E-state index is 10.7. The van der Waals surface area contributed by atoms with Crippen molar-refractivity contribution in [3.8, 4) is 0 Å². The van der Waals surface area contributed by atoms with Crippen LogP contribution >= 0.6 is 0 Å². The van der Waals surface area contributed by atoms with Gasteiger partial charge in [-0.1, -0.05) is 0 Å². The fourth-order valence-corrected chi connectivity index (χ4v) is 1.57. The van der Waals surface area contributed by atoms with Gasteiger partial charge in [0.15, 0.2) is 0 Å². The minimum atomic E-state index is -0.803. The molecule has 0 aromatic carbocycles. The molecule has 0 radical (unpaired) electrons. The first kappa shape index (κ1) is 9.32. The summed E-state index contributed by atoms with van der Waals surface area (Å²) in [5.74, 6) is 0. The predicted molar refractivity (Wildman–Crippen MR) is 46.3 cm³/mol. The van der Waals surface area contributed by atoms with Gasteiger partial charge in [-0.15, -0.1) is 0 Å². The quantitative estimate of drug-likeness (QED) is 0.584. The van der Waals surface area contributed by atoms with E-state index in [1.54, 1.807) is 0 Å². The number of rotatable bonds is 0. The van der Waals surface area contributed by atoms with Crippen LogP contribution in [-0.4, -0.2) is 53.2 Å². The fraction of sp³-hybridized carbons (Fsp3) is 0.875. The molecular formula is C8H16N2O2. The highest BCUT2D eigenvalue weighted by molar-refractivity contribution is 5.65. The predicted octanol–water partition coefficient (Wildman–Crippen LogP) is 0.689. The fourth-order valence-electron chi connectivity index (χ4n) is 1.57. The van der Waals surface area contributed by atoms with Gasteiger partial charge in [-0.25, -0.2) is 4.79 Å². The van der Waals surface area contributed by atoms with Crippen molar-refractivity contribution in [3.05, 3.63) is 0 Å². The van der Waals surface area contributed by atoms with Gasteiger partial charge in [-0.3, -0.25) is 4.90 Å². The van der Waals surface area contributed by atoms with Gasteiger partial charge >= 0.3 is 6.09 Å². The zero-order valence-electron chi connectivity index (χ0n) is 7.82. The summed E-state index contributed by atoms with van der Waals surface area (Å²) >= 11 is 0. The molecule has 1 rings (SSSR count). The lowest BCUT2D eigenvalue weighted by atomic mass is 10.1. The number of nitrogens with zero attached hydrogens (tertiary/aromatic N) is 2. The molecule has 0 bridgehead atoms. The van der Waals surface area contributed by atoms with E-state index in [9.17, 15) is 4.79 Å². The van der Waals surface area contributed by atoms with E-state index in [4.69, 9.17) is 5.11 Å². The molecule has 0 aromatic heterocycles. The number of piperazine rings is 1. The Labute approximate surface area is 72.8 Å². The third kappa shape index (κ3) is 1.53. The molecule has 4 heteroatoms. The van der Waals surface area contributed by atoms with Gasteiger partial charge in [0, 0.05) is 25.2 Å². The topological polar surface area (TPSA) is 43.8 Å². The molecule has 1 fully saturated rings. The van der Waals surface area contributed by atoms with Gasteiger partial charge in [-0.2, -0.15) is 0 Å². The zero-order valence-corrected chi connectivity index (χ0v) is 7.82. The molecule has 1 amide bonds. The van der Waals surface area contributed by atoms with Crippen LogP contribution in [0.3, 0.4) is 0 Å². The lowest BCUT2D eigenvalue weighted by molar-refractivity contribution is 0.0517. The van der Waals surface area contributed by atoms with E-state index < -0.39 is 6.09 Å². The van der Waals surface area contributed by atoms with Crippen LogP contribution in [0.2, 0.25) is 0 Å². The molecule has 1 aliphatic heterocycles. The Hall–Kier alpha value is -0.770. The maximum absolute atomic E-state index is 10.7. The highest BCUT2D eigenvalue weighted by Gasteiger charge is 2.30. The van der Waals surface area contributed by atoms with Crippen molar-refractivity contribution in [2.75, 3.05) is 20.1 Å². The summed E-state index contributed by atoms with van der Waals surface area (Å²) in [7, 11) is 2.03. The molecule has 0 saturated carbocycles. The minimum Gasteiger partial charge on any atom is -0.465 e. The summed E-state index contributed by atoms with van der Waals surface area (Å²) in [5, 5.41) is 8.82. The van der Waals surface area contributed by atoms with E-state index in [1.807, 2.05) is 14.0 Å². The molecule has 4 nitrogen and oxygen atoms in total. The van der Waals surface area contributed by atoms with Gasteiger partial charge in [0.2, 0.25) is 0 Å². The Kier molecular flexibility index (Phi) is 2.57. The smallest absolute Gasteiger partial charge is 0.407 e. The van der Waals surface area contributed by atoms with Crippen LogP contribution in [0.15, 0.2) is 0 Å². The highest BCUT2D eigenvalue weighted by Crippen LogP contribution is 2.14. The van der Waals surface area contributed by atoms with Crippen molar-refractivity contribution in [3.63, 3.8) is 0 Å². The Morgan fingerprint density at radius 2 is 1.92 bits per heavy atom. The van der Waals surface area contributed by atoms with Gasteiger partial charge in [0.05, 0.1) is 0 Å². The Morgan fingerprint density at radius 3 is 2.42 bits per heavy atom. The van der Waals surface area contributed by atoms with E-state index in [0.29, 0.717) is 12.6 Å². The molecule has 1 heterocycles. The standard InChI is InChI=1S/C8H16N2O2/c1-6-7(2)10(8(11)12)5-4-9(6)3/h6-7H,4-5H2,1-3H3,(H,11,12)/t6-,7+/m0/s1. The molecule has 1 aliphatic rings. The van der Waals surface area contributed by atoms with Crippen LogP contribution < -0.4 is 0 Å². The second kappa shape index (κ2) is 3.31. The summed E-state index contributed by atoms with van der Waals surface area (Å²) < 4.78 is 0. The van der Waals surface area contributed by atoms with E-state index in [0.717, 1.165) is 6.54 Å².